The summed E-state index contributed by atoms with van der Waals surface area (Å²) in [6.45, 7) is 8.26. The molecule has 1 aromatic carbocycles. The zero-order valence-electron chi connectivity index (χ0n) is 14.5. The van der Waals surface area contributed by atoms with E-state index < -0.39 is 0 Å². The second-order valence-corrected chi connectivity index (χ2v) is 6.99. The highest BCUT2D eigenvalue weighted by atomic mass is 16.5. The van der Waals surface area contributed by atoms with Gasteiger partial charge in [0.15, 0.2) is 6.61 Å². The van der Waals surface area contributed by atoms with E-state index in [-0.39, 0.29) is 36.4 Å². The van der Waals surface area contributed by atoms with E-state index in [1.807, 2.05) is 0 Å². The molecule has 0 saturated heterocycles. The van der Waals surface area contributed by atoms with Crippen LogP contribution in [-0.2, 0) is 14.3 Å². The minimum absolute atomic E-state index is 0.0206. The van der Waals surface area contributed by atoms with Crippen LogP contribution in [0.1, 0.15) is 63.6 Å². The van der Waals surface area contributed by atoms with Crippen molar-refractivity contribution in [2.75, 3.05) is 6.61 Å². The number of ether oxygens (including phenoxy) is 1. The van der Waals surface area contributed by atoms with E-state index in [1.165, 1.54) is 5.56 Å². The minimum Gasteiger partial charge on any atom is -0.455 e. The van der Waals surface area contributed by atoms with Crippen LogP contribution in [0, 0.1) is 11.8 Å². The second-order valence-electron chi connectivity index (χ2n) is 6.99. The highest BCUT2D eigenvalue weighted by Gasteiger charge is 2.31. The predicted octanol–water partition coefficient (Wildman–Crippen LogP) is 3.58. The Kier molecular flexibility index (Phi) is 5.80. The molecule has 2 rings (SSSR count). The lowest BCUT2D eigenvalue weighted by atomic mass is 9.93. The van der Waals surface area contributed by atoms with Crippen LogP contribution < -0.4 is 5.32 Å². The number of carbonyl (C=O) groups is 2. The smallest absolute Gasteiger partial charge is 0.309 e. The van der Waals surface area contributed by atoms with E-state index in [9.17, 15) is 9.59 Å². The summed E-state index contributed by atoms with van der Waals surface area (Å²) < 4.78 is 5.04. The topological polar surface area (TPSA) is 55.4 Å². The van der Waals surface area contributed by atoms with Crippen LogP contribution in [0.2, 0.25) is 0 Å². The SMILES string of the molecule is CC(C)c1ccc([C@@H](NC(=O)COC(=O)C2CC2)C(C)C)cc1. The first-order valence-electron chi connectivity index (χ1n) is 8.44. The van der Waals surface area contributed by atoms with Crippen LogP contribution in [0.3, 0.4) is 0 Å². The third kappa shape index (κ3) is 5.08. The molecule has 1 amide bonds. The molecule has 1 saturated carbocycles. The standard InChI is InChI=1S/C19H27NO3/c1-12(2)14-5-7-15(8-6-14)18(13(3)4)20-17(21)11-23-19(22)16-9-10-16/h5-8,12-13,16,18H,9-11H2,1-4H3,(H,20,21)/t18-/m0/s1. The number of hydrogen-bond acceptors (Lipinski definition) is 3. The Labute approximate surface area is 138 Å². The number of rotatable bonds is 7. The van der Waals surface area contributed by atoms with E-state index in [4.69, 9.17) is 4.74 Å². The molecule has 23 heavy (non-hydrogen) atoms. The van der Waals surface area contributed by atoms with Crippen LogP contribution in [0.5, 0.6) is 0 Å². The molecule has 0 bridgehead atoms. The summed E-state index contributed by atoms with van der Waals surface area (Å²) in [4.78, 5) is 23.6. The van der Waals surface area contributed by atoms with Crippen LogP contribution in [0.4, 0.5) is 0 Å². The van der Waals surface area contributed by atoms with Gasteiger partial charge in [-0.25, -0.2) is 0 Å². The molecule has 0 spiro atoms. The quantitative estimate of drug-likeness (QED) is 0.782. The highest BCUT2D eigenvalue weighted by Crippen LogP contribution is 2.30. The molecule has 1 aromatic rings. The first kappa shape index (κ1) is 17.5. The van der Waals surface area contributed by atoms with Gasteiger partial charge in [0.05, 0.1) is 12.0 Å². The molecule has 0 heterocycles. The molecule has 0 unspecified atom stereocenters. The second kappa shape index (κ2) is 7.62. The van der Waals surface area contributed by atoms with Crippen LogP contribution >= 0.6 is 0 Å². The van der Waals surface area contributed by atoms with Crippen molar-refractivity contribution >= 4 is 11.9 Å². The Hall–Kier alpha value is -1.84. The fraction of sp³-hybridized carbons (Fsp3) is 0.579. The fourth-order valence-electron chi connectivity index (χ4n) is 2.51. The van der Waals surface area contributed by atoms with Gasteiger partial charge in [0.1, 0.15) is 0 Å². The average Bonchev–Trinajstić information content (AvgIpc) is 3.35. The van der Waals surface area contributed by atoms with Gasteiger partial charge in [0.2, 0.25) is 0 Å². The Morgan fingerprint density at radius 1 is 1.09 bits per heavy atom. The molecule has 4 nitrogen and oxygen atoms in total. The maximum absolute atomic E-state index is 12.1. The normalized spacial score (nSPS) is 15.6. The van der Waals surface area contributed by atoms with Gasteiger partial charge < -0.3 is 10.1 Å². The highest BCUT2D eigenvalue weighted by molar-refractivity contribution is 5.82. The van der Waals surface area contributed by atoms with Gasteiger partial charge in [-0.2, -0.15) is 0 Å². The van der Waals surface area contributed by atoms with Crippen molar-refractivity contribution in [3.05, 3.63) is 35.4 Å². The largest absolute Gasteiger partial charge is 0.455 e. The molecule has 126 valence electrons. The number of nitrogens with one attached hydrogen (secondary N) is 1. The molecule has 1 fully saturated rings. The van der Waals surface area contributed by atoms with E-state index >= 15 is 0 Å². The van der Waals surface area contributed by atoms with Gasteiger partial charge in [-0.1, -0.05) is 52.0 Å². The number of hydrogen-bond donors (Lipinski definition) is 1. The Morgan fingerprint density at radius 2 is 1.65 bits per heavy atom. The Morgan fingerprint density at radius 3 is 2.13 bits per heavy atom. The first-order chi connectivity index (χ1) is 10.9. The summed E-state index contributed by atoms with van der Waals surface area (Å²) in [6.07, 6.45) is 1.77. The molecule has 4 heteroatoms. The maximum Gasteiger partial charge on any atom is 0.309 e. The monoisotopic (exact) mass is 317 g/mol. The van der Waals surface area contributed by atoms with Gasteiger partial charge in [-0.3, -0.25) is 9.59 Å². The van der Waals surface area contributed by atoms with Gasteiger partial charge in [-0.05, 0) is 35.8 Å². The number of amides is 1. The van der Waals surface area contributed by atoms with Crippen molar-refractivity contribution in [3.8, 4) is 0 Å². The van der Waals surface area contributed by atoms with Gasteiger partial charge in [0.25, 0.3) is 5.91 Å². The van der Waals surface area contributed by atoms with Gasteiger partial charge >= 0.3 is 5.97 Å². The summed E-state index contributed by atoms with van der Waals surface area (Å²) in [7, 11) is 0. The van der Waals surface area contributed by atoms with E-state index in [0.29, 0.717) is 5.92 Å². The number of benzene rings is 1. The number of esters is 1. The third-order valence-electron chi connectivity index (χ3n) is 4.20. The lowest BCUT2D eigenvalue weighted by Crippen LogP contribution is -2.35. The Bertz CT molecular complexity index is 544. The molecule has 0 radical (unpaired) electrons. The lowest BCUT2D eigenvalue weighted by Gasteiger charge is -2.23. The predicted molar refractivity (Wildman–Crippen MR) is 89.9 cm³/mol. The summed E-state index contributed by atoms with van der Waals surface area (Å²) in [6, 6.07) is 8.26. The molecule has 0 aliphatic heterocycles. The van der Waals surface area contributed by atoms with Crippen LogP contribution in [0.15, 0.2) is 24.3 Å². The van der Waals surface area contributed by atoms with Crippen molar-refractivity contribution in [1.29, 1.82) is 0 Å². The minimum atomic E-state index is -0.248. The van der Waals surface area contributed by atoms with Crippen molar-refractivity contribution < 1.29 is 14.3 Å². The van der Waals surface area contributed by atoms with Gasteiger partial charge in [0, 0.05) is 0 Å². The van der Waals surface area contributed by atoms with E-state index in [1.54, 1.807) is 0 Å². The zero-order valence-corrected chi connectivity index (χ0v) is 14.5. The zero-order chi connectivity index (χ0) is 17.0. The van der Waals surface area contributed by atoms with Gasteiger partial charge in [-0.15, -0.1) is 0 Å². The third-order valence-corrected chi connectivity index (χ3v) is 4.20. The summed E-state index contributed by atoms with van der Waals surface area (Å²) >= 11 is 0. The van der Waals surface area contributed by atoms with E-state index in [2.05, 4.69) is 57.3 Å². The maximum atomic E-state index is 12.1. The number of carbonyl (C=O) groups excluding carboxylic acids is 2. The average molecular weight is 317 g/mol. The summed E-state index contributed by atoms with van der Waals surface area (Å²) in [5.41, 5.74) is 2.35. The molecule has 1 aliphatic carbocycles. The summed E-state index contributed by atoms with van der Waals surface area (Å²) in [5, 5.41) is 2.98. The molecule has 0 aromatic heterocycles. The summed E-state index contributed by atoms with van der Waals surface area (Å²) in [5.74, 6) is 0.265. The Balaban J connectivity index is 1.94. The fourth-order valence-corrected chi connectivity index (χ4v) is 2.51. The molecule has 1 aliphatic rings. The van der Waals surface area contributed by atoms with Crippen molar-refractivity contribution in [2.24, 2.45) is 11.8 Å². The van der Waals surface area contributed by atoms with Crippen molar-refractivity contribution in [3.63, 3.8) is 0 Å². The molecule has 1 atom stereocenters. The first-order valence-corrected chi connectivity index (χ1v) is 8.44. The molecular formula is C19H27NO3. The van der Waals surface area contributed by atoms with Crippen molar-refractivity contribution in [2.45, 2.75) is 52.5 Å². The molecular weight excluding hydrogens is 290 g/mol. The lowest BCUT2D eigenvalue weighted by molar-refractivity contribution is -0.150. The van der Waals surface area contributed by atoms with Crippen LogP contribution in [-0.4, -0.2) is 18.5 Å². The van der Waals surface area contributed by atoms with Crippen molar-refractivity contribution in [1.82, 2.24) is 5.32 Å². The van der Waals surface area contributed by atoms with Crippen LogP contribution in [0.25, 0.3) is 0 Å². The van der Waals surface area contributed by atoms with E-state index in [0.717, 1.165) is 18.4 Å². The molecule has 1 N–H and O–H groups in total.